The van der Waals surface area contributed by atoms with E-state index in [-0.39, 0.29) is 30.5 Å². The second kappa shape index (κ2) is 7.20. The van der Waals surface area contributed by atoms with Gasteiger partial charge in [-0.2, -0.15) is 0 Å². The maximum Gasteiger partial charge on any atom is 0.231 e. The summed E-state index contributed by atoms with van der Waals surface area (Å²) in [6, 6.07) is 5.45. The maximum absolute atomic E-state index is 12.3. The van der Waals surface area contributed by atoms with Crippen LogP contribution in [0.5, 0.6) is 11.5 Å². The molecule has 1 saturated carbocycles. The Morgan fingerprint density at radius 2 is 1.91 bits per heavy atom. The van der Waals surface area contributed by atoms with Crippen molar-refractivity contribution in [3.05, 3.63) is 18.2 Å². The van der Waals surface area contributed by atoms with Crippen LogP contribution in [-0.2, 0) is 4.79 Å². The molecule has 0 atom stereocenters. The first kappa shape index (κ1) is 16.9. The first-order valence-corrected chi connectivity index (χ1v) is 7.60. The average Bonchev–Trinajstić information content (AvgIpc) is 2.95. The lowest BCUT2D eigenvalue weighted by Crippen LogP contribution is -2.36. The molecule has 122 valence electrons. The number of fused-ring (bicyclic) bond motifs is 1. The fourth-order valence-corrected chi connectivity index (χ4v) is 3.27. The van der Waals surface area contributed by atoms with Crippen LogP contribution in [-0.4, -0.2) is 19.2 Å². The van der Waals surface area contributed by atoms with Gasteiger partial charge in [0.25, 0.3) is 0 Å². The van der Waals surface area contributed by atoms with E-state index < -0.39 is 0 Å². The minimum absolute atomic E-state index is 0. The van der Waals surface area contributed by atoms with Gasteiger partial charge in [0, 0.05) is 18.2 Å². The van der Waals surface area contributed by atoms with E-state index in [1.165, 1.54) is 19.3 Å². The van der Waals surface area contributed by atoms with Crippen LogP contribution in [0.1, 0.15) is 38.5 Å². The van der Waals surface area contributed by atoms with Crippen LogP contribution in [0.15, 0.2) is 18.2 Å². The monoisotopic (exact) mass is 326 g/mol. The number of hydrogen-bond acceptors (Lipinski definition) is 4. The molecule has 3 N–H and O–H groups in total. The predicted molar refractivity (Wildman–Crippen MR) is 87.6 cm³/mol. The van der Waals surface area contributed by atoms with E-state index in [0.717, 1.165) is 24.3 Å². The van der Waals surface area contributed by atoms with Crippen molar-refractivity contribution < 1.29 is 14.3 Å². The molecule has 3 rings (SSSR count). The molecular weight excluding hydrogens is 304 g/mol. The Morgan fingerprint density at radius 1 is 1.18 bits per heavy atom. The van der Waals surface area contributed by atoms with Gasteiger partial charge in [-0.1, -0.05) is 19.3 Å². The van der Waals surface area contributed by atoms with E-state index in [2.05, 4.69) is 5.32 Å². The summed E-state index contributed by atoms with van der Waals surface area (Å²) in [7, 11) is 0. The molecule has 0 aromatic heterocycles. The highest BCUT2D eigenvalue weighted by Gasteiger charge is 2.33. The van der Waals surface area contributed by atoms with Gasteiger partial charge in [-0.15, -0.1) is 12.4 Å². The average molecular weight is 327 g/mol. The van der Waals surface area contributed by atoms with Crippen molar-refractivity contribution in [1.82, 2.24) is 0 Å². The first-order chi connectivity index (χ1) is 10.2. The van der Waals surface area contributed by atoms with Crippen LogP contribution >= 0.6 is 12.4 Å². The zero-order valence-electron chi connectivity index (χ0n) is 12.6. The van der Waals surface area contributed by atoms with Crippen molar-refractivity contribution in [3.63, 3.8) is 0 Å². The summed E-state index contributed by atoms with van der Waals surface area (Å²) < 4.78 is 10.6. The van der Waals surface area contributed by atoms with Gasteiger partial charge in [0.05, 0.1) is 0 Å². The molecule has 0 radical (unpaired) electrons. The molecular formula is C16H23ClN2O3. The topological polar surface area (TPSA) is 73.6 Å². The van der Waals surface area contributed by atoms with Gasteiger partial charge in [0.2, 0.25) is 12.7 Å². The third kappa shape index (κ3) is 3.65. The molecule has 1 heterocycles. The lowest BCUT2D eigenvalue weighted by molar-refractivity contribution is -0.118. The van der Waals surface area contributed by atoms with Crippen LogP contribution < -0.4 is 20.5 Å². The molecule has 0 unspecified atom stereocenters. The van der Waals surface area contributed by atoms with Gasteiger partial charge in [-0.25, -0.2) is 0 Å². The van der Waals surface area contributed by atoms with E-state index in [9.17, 15) is 4.79 Å². The van der Waals surface area contributed by atoms with Crippen molar-refractivity contribution in [2.45, 2.75) is 38.5 Å². The van der Waals surface area contributed by atoms with Crippen LogP contribution in [0.2, 0.25) is 0 Å². The smallest absolute Gasteiger partial charge is 0.231 e. The van der Waals surface area contributed by atoms with E-state index in [4.69, 9.17) is 15.2 Å². The molecule has 0 spiro atoms. The molecule has 5 nitrogen and oxygen atoms in total. The number of halogens is 1. The Kier molecular flexibility index (Phi) is 5.53. The minimum atomic E-state index is -0.0152. The number of ether oxygens (including phenoxy) is 2. The van der Waals surface area contributed by atoms with E-state index in [0.29, 0.717) is 18.7 Å². The highest BCUT2D eigenvalue weighted by Crippen LogP contribution is 2.39. The van der Waals surface area contributed by atoms with Crippen molar-refractivity contribution in [1.29, 1.82) is 0 Å². The van der Waals surface area contributed by atoms with Crippen LogP contribution in [0.3, 0.4) is 0 Å². The normalized spacial score (nSPS) is 18.4. The summed E-state index contributed by atoms with van der Waals surface area (Å²) in [5.41, 5.74) is 6.66. The van der Waals surface area contributed by atoms with Crippen molar-refractivity contribution in [2.24, 2.45) is 11.1 Å². The SMILES string of the molecule is Cl.NCC1(CC(=O)Nc2ccc3c(c2)OCO3)CCCCC1. The Morgan fingerprint density at radius 3 is 2.64 bits per heavy atom. The lowest BCUT2D eigenvalue weighted by Gasteiger charge is -2.35. The number of carbonyl (C=O) groups is 1. The van der Waals surface area contributed by atoms with Crippen molar-refractivity contribution in [3.8, 4) is 11.5 Å². The molecule has 1 aliphatic carbocycles. The minimum Gasteiger partial charge on any atom is -0.454 e. The fraction of sp³-hybridized carbons (Fsp3) is 0.562. The number of rotatable bonds is 4. The van der Waals surface area contributed by atoms with Crippen molar-refractivity contribution in [2.75, 3.05) is 18.7 Å². The molecule has 2 aliphatic rings. The van der Waals surface area contributed by atoms with Crippen LogP contribution in [0.4, 0.5) is 5.69 Å². The molecule has 22 heavy (non-hydrogen) atoms. The summed E-state index contributed by atoms with van der Waals surface area (Å²) in [5.74, 6) is 1.43. The third-order valence-corrected chi connectivity index (χ3v) is 4.54. The van der Waals surface area contributed by atoms with Gasteiger partial charge in [0.1, 0.15) is 0 Å². The maximum atomic E-state index is 12.3. The summed E-state index contributed by atoms with van der Waals surface area (Å²) >= 11 is 0. The highest BCUT2D eigenvalue weighted by atomic mass is 35.5. The summed E-state index contributed by atoms with van der Waals surface area (Å²) in [6.45, 7) is 0.824. The molecule has 0 saturated heterocycles. The van der Waals surface area contributed by atoms with E-state index >= 15 is 0 Å². The molecule has 1 aromatic carbocycles. The standard InChI is InChI=1S/C16H22N2O3.ClH/c17-10-16(6-2-1-3-7-16)9-15(19)18-12-4-5-13-14(8-12)21-11-20-13;/h4-5,8H,1-3,6-7,9-11,17H2,(H,18,19);1H. The van der Waals surface area contributed by atoms with E-state index in [1.54, 1.807) is 6.07 Å². The number of carbonyl (C=O) groups excluding carboxylic acids is 1. The number of nitrogens with one attached hydrogen (secondary N) is 1. The van der Waals surface area contributed by atoms with Gasteiger partial charge >= 0.3 is 0 Å². The number of amides is 1. The fourth-order valence-electron chi connectivity index (χ4n) is 3.27. The van der Waals surface area contributed by atoms with Gasteiger partial charge < -0.3 is 20.5 Å². The van der Waals surface area contributed by atoms with Crippen molar-refractivity contribution >= 4 is 24.0 Å². The largest absolute Gasteiger partial charge is 0.454 e. The molecule has 6 heteroatoms. The third-order valence-electron chi connectivity index (χ3n) is 4.54. The summed E-state index contributed by atoms with van der Waals surface area (Å²) in [4.78, 5) is 12.3. The van der Waals surface area contributed by atoms with Crippen LogP contribution in [0, 0.1) is 5.41 Å². The van der Waals surface area contributed by atoms with E-state index in [1.807, 2.05) is 12.1 Å². The number of anilines is 1. The molecule has 0 bridgehead atoms. The van der Waals surface area contributed by atoms with Crippen LogP contribution in [0.25, 0.3) is 0 Å². The Labute approximate surface area is 137 Å². The molecule has 1 amide bonds. The molecule has 1 aromatic rings. The second-order valence-electron chi connectivity index (χ2n) is 6.06. The Hall–Kier alpha value is -1.46. The number of nitrogens with two attached hydrogens (primary N) is 1. The second-order valence-corrected chi connectivity index (χ2v) is 6.06. The quantitative estimate of drug-likeness (QED) is 0.891. The Bertz CT molecular complexity index is 530. The Balaban J connectivity index is 0.00000176. The summed E-state index contributed by atoms with van der Waals surface area (Å²) in [5, 5.41) is 2.95. The van der Waals surface area contributed by atoms with Gasteiger partial charge in [-0.3, -0.25) is 4.79 Å². The lowest BCUT2D eigenvalue weighted by atomic mass is 9.71. The van der Waals surface area contributed by atoms with Gasteiger partial charge in [-0.05, 0) is 36.9 Å². The molecule has 1 fully saturated rings. The zero-order chi connectivity index (χ0) is 14.7. The molecule has 1 aliphatic heterocycles. The highest BCUT2D eigenvalue weighted by molar-refractivity contribution is 5.91. The summed E-state index contributed by atoms with van der Waals surface area (Å²) in [6.07, 6.45) is 6.21. The predicted octanol–water partition coefficient (Wildman–Crippen LogP) is 3.07. The number of hydrogen-bond donors (Lipinski definition) is 2. The number of benzene rings is 1. The van der Waals surface area contributed by atoms with Gasteiger partial charge in [0.15, 0.2) is 11.5 Å². The first-order valence-electron chi connectivity index (χ1n) is 7.60. The zero-order valence-corrected chi connectivity index (χ0v) is 13.4.